The fourth-order valence-corrected chi connectivity index (χ4v) is 2.71. The molecule has 164 valence electrons. The number of alkyl carbamates (subject to hydrolysis) is 1. The van der Waals surface area contributed by atoms with Crippen molar-refractivity contribution < 1.29 is 28.7 Å². The number of ether oxygens (including phenoxy) is 2. The largest absolute Gasteiger partial charge is 0.445 e. The van der Waals surface area contributed by atoms with Crippen molar-refractivity contribution in [2.75, 3.05) is 32.8 Å². The standard InChI is InChI=1S/C20H28N4O6/c1-14(2)17(23-20(28)30-13-15-6-4-3-5-7-15)18(26)21-12-16(25)22-19(27)24-8-10-29-11-9-24/h3-7,14,17H,8-13H2,1-2H3,(H,21,26)(H,23,28)(H,22,25,27)/t17-/m0/s1. The van der Waals surface area contributed by atoms with E-state index in [1.165, 1.54) is 4.90 Å². The van der Waals surface area contributed by atoms with Crippen molar-refractivity contribution >= 4 is 23.9 Å². The van der Waals surface area contributed by atoms with Gasteiger partial charge >= 0.3 is 12.1 Å². The number of carbonyl (C=O) groups excluding carboxylic acids is 4. The van der Waals surface area contributed by atoms with Gasteiger partial charge in [-0.05, 0) is 11.5 Å². The van der Waals surface area contributed by atoms with Gasteiger partial charge < -0.3 is 25.0 Å². The Bertz CT molecular complexity index is 734. The molecule has 1 aromatic carbocycles. The number of nitrogens with zero attached hydrogens (tertiary/aromatic N) is 1. The highest BCUT2D eigenvalue weighted by atomic mass is 16.5. The van der Waals surface area contributed by atoms with Crippen LogP contribution in [0.5, 0.6) is 0 Å². The van der Waals surface area contributed by atoms with Crippen LogP contribution in [-0.2, 0) is 25.7 Å². The van der Waals surface area contributed by atoms with Gasteiger partial charge in [0.15, 0.2) is 0 Å². The van der Waals surface area contributed by atoms with Gasteiger partial charge in [-0.15, -0.1) is 0 Å². The van der Waals surface area contributed by atoms with E-state index in [1.807, 2.05) is 30.3 Å². The van der Waals surface area contributed by atoms with E-state index < -0.39 is 36.5 Å². The van der Waals surface area contributed by atoms with Crippen molar-refractivity contribution in [1.82, 2.24) is 20.9 Å². The van der Waals surface area contributed by atoms with E-state index >= 15 is 0 Å². The lowest BCUT2D eigenvalue weighted by molar-refractivity contribution is -0.127. The van der Waals surface area contributed by atoms with Gasteiger partial charge in [-0.25, -0.2) is 9.59 Å². The van der Waals surface area contributed by atoms with Crippen LogP contribution in [0.2, 0.25) is 0 Å². The molecule has 1 aliphatic heterocycles. The van der Waals surface area contributed by atoms with Crippen LogP contribution < -0.4 is 16.0 Å². The normalized spacial score (nSPS) is 14.6. The number of nitrogens with one attached hydrogen (secondary N) is 3. The van der Waals surface area contributed by atoms with Crippen LogP contribution in [0.4, 0.5) is 9.59 Å². The Morgan fingerprint density at radius 2 is 1.77 bits per heavy atom. The second-order valence-corrected chi connectivity index (χ2v) is 7.10. The molecule has 1 saturated heterocycles. The summed E-state index contributed by atoms with van der Waals surface area (Å²) in [6.07, 6.45) is -0.736. The van der Waals surface area contributed by atoms with Crippen LogP contribution in [0.25, 0.3) is 0 Å². The van der Waals surface area contributed by atoms with Crippen molar-refractivity contribution in [1.29, 1.82) is 0 Å². The van der Waals surface area contributed by atoms with E-state index in [9.17, 15) is 19.2 Å². The first-order valence-electron chi connectivity index (χ1n) is 9.78. The molecule has 30 heavy (non-hydrogen) atoms. The molecule has 3 N–H and O–H groups in total. The average molecular weight is 420 g/mol. The molecule has 1 aliphatic rings. The summed E-state index contributed by atoms with van der Waals surface area (Å²) in [5.74, 6) is -1.43. The summed E-state index contributed by atoms with van der Waals surface area (Å²) >= 11 is 0. The number of urea groups is 1. The number of morpholine rings is 1. The first kappa shape index (κ1) is 23.1. The lowest BCUT2D eigenvalue weighted by atomic mass is 10.0. The Hall–Kier alpha value is -3.14. The first-order chi connectivity index (χ1) is 14.4. The average Bonchev–Trinajstić information content (AvgIpc) is 2.75. The smallest absolute Gasteiger partial charge is 0.408 e. The van der Waals surface area contributed by atoms with Crippen molar-refractivity contribution in [2.24, 2.45) is 5.92 Å². The quantitative estimate of drug-likeness (QED) is 0.594. The van der Waals surface area contributed by atoms with Crippen molar-refractivity contribution in [2.45, 2.75) is 26.5 Å². The summed E-state index contributed by atoms with van der Waals surface area (Å²) in [5.41, 5.74) is 0.819. The van der Waals surface area contributed by atoms with Crippen LogP contribution in [-0.4, -0.2) is 67.7 Å². The second-order valence-electron chi connectivity index (χ2n) is 7.10. The van der Waals surface area contributed by atoms with Crippen molar-refractivity contribution in [3.05, 3.63) is 35.9 Å². The topological polar surface area (TPSA) is 126 Å². The lowest BCUT2D eigenvalue weighted by Crippen LogP contribution is -2.53. The highest BCUT2D eigenvalue weighted by molar-refractivity contribution is 5.97. The third-order valence-corrected chi connectivity index (χ3v) is 4.40. The number of benzene rings is 1. The number of hydrogen-bond donors (Lipinski definition) is 3. The third-order valence-electron chi connectivity index (χ3n) is 4.40. The van der Waals surface area contributed by atoms with Gasteiger partial charge in [-0.2, -0.15) is 0 Å². The molecule has 0 radical (unpaired) electrons. The number of amides is 5. The molecule has 0 saturated carbocycles. The maximum atomic E-state index is 12.4. The Labute approximate surface area is 175 Å². The van der Waals surface area contributed by atoms with Crippen LogP contribution in [0.1, 0.15) is 19.4 Å². The number of imide groups is 1. The predicted molar refractivity (Wildman–Crippen MR) is 107 cm³/mol. The molecule has 1 aromatic rings. The molecule has 10 heteroatoms. The first-order valence-corrected chi connectivity index (χ1v) is 9.78. The fourth-order valence-electron chi connectivity index (χ4n) is 2.71. The minimum atomic E-state index is -0.893. The number of rotatable bonds is 7. The highest BCUT2D eigenvalue weighted by Crippen LogP contribution is 2.05. The molecule has 1 atom stereocenters. The monoisotopic (exact) mass is 420 g/mol. The van der Waals surface area contributed by atoms with Gasteiger partial charge in [-0.1, -0.05) is 44.2 Å². The molecule has 2 rings (SSSR count). The second kappa shape index (κ2) is 11.8. The van der Waals surface area contributed by atoms with Gasteiger partial charge in [0.05, 0.1) is 19.8 Å². The summed E-state index contributed by atoms with van der Waals surface area (Å²) in [7, 11) is 0. The Balaban J connectivity index is 1.76. The maximum Gasteiger partial charge on any atom is 0.408 e. The van der Waals surface area contributed by atoms with E-state index in [0.29, 0.717) is 26.3 Å². The molecule has 0 spiro atoms. The Morgan fingerprint density at radius 1 is 1.10 bits per heavy atom. The van der Waals surface area contributed by atoms with Crippen LogP contribution in [0.3, 0.4) is 0 Å². The maximum absolute atomic E-state index is 12.4. The molecule has 1 fully saturated rings. The molecule has 5 amide bonds. The van der Waals surface area contributed by atoms with Gasteiger partial charge in [-0.3, -0.25) is 14.9 Å². The summed E-state index contributed by atoms with van der Waals surface area (Å²) < 4.78 is 10.3. The number of carbonyl (C=O) groups is 4. The Kier molecular flexibility index (Phi) is 9.07. The zero-order valence-corrected chi connectivity index (χ0v) is 17.2. The predicted octanol–water partition coefficient (Wildman–Crippen LogP) is 0.622. The molecule has 10 nitrogen and oxygen atoms in total. The minimum Gasteiger partial charge on any atom is -0.445 e. The minimum absolute atomic E-state index is 0.0746. The van der Waals surface area contributed by atoms with E-state index in [-0.39, 0.29) is 12.5 Å². The molecular formula is C20H28N4O6. The SMILES string of the molecule is CC(C)[C@H](NC(=O)OCc1ccccc1)C(=O)NCC(=O)NC(=O)N1CCOCC1. The van der Waals surface area contributed by atoms with Crippen LogP contribution in [0, 0.1) is 5.92 Å². The number of hydrogen-bond acceptors (Lipinski definition) is 6. The molecule has 1 heterocycles. The van der Waals surface area contributed by atoms with Crippen LogP contribution >= 0.6 is 0 Å². The van der Waals surface area contributed by atoms with Crippen molar-refractivity contribution in [3.8, 4) is 0 Å². The lowest BCUT2D eigenvalue weighted by Gasteiger charge is -2.26. The summed E-state index contributed by atoms with van der Waals surface area (Å²) in [6.45, 7) is 4.82. The zero-order valence-electron chi connectivity index (χ0n) is 17.2. The Morgan fingerprint density at radius 3 is 2.40 bits per heavy atom. The van der Waals surface area contributed by atoms with Gasteiger partial charge in [0.25, 0.3) is 0 Å². The van der Waals surface area contributed by atoms with Gasteiger partial charge in [0.2, 0.25) is 11.8 Å². The van der Waals surface area contributed by atoms with Crippen LogP contribution in [0.15, 0.2) is 30.3 Å². The van der Waals surface area contributed by atoms with E-state index in [0.717, 1.165) is 5.56 Å². The fraction of sp³-hybridized carbons (Fsp3) is 0.500. The van der Waals surface area contributed by atoms with E-state index in [1.54, 1.807) is 13.8 Å². The van der Waals surface area contributed by atoms with E-state index in [4.69, 9.17) is 9.47 Å². The molecule has 0 bridgehead atoms. The molecule has 0 unspecified atom stereocenters. The highest BCUT2D eigenvalue weighted by Gasteiger charge is 2.26. The molecule has 0 aromatic heterocycles. The summed E-state index contributed by atoms with van der Waals surface area (Å²) in [4.78, 5) is 49.9. The van der Waals surface area contributed by atoms with Crippen molar-refractivity contribution in [3.63, 3.8) is 0 Å². The summed E-state index contributed by atoms with van der Waals surface area (Å²) in [5, 5.41) is 7.16. The van der Waals surface area contributed by atoms with Gasteiger partial charge in [0.1, 0.15) is 12.6 Å². The summed E-state index contributed by atoms with van der Waals surface area (Å²) in [6, 6.07) is 7.73. The third kappa shape index (κ3) is 7.70. The van der Waals surface area contributed by atoms with E-state index in [2.05, 4.69) is 16.0 Å². The zero-order chi connectivity index (χ0) is 21.9. The molecule has 0 aliphatic carbocycles. The molecular weight excluding hydrogens is 392 g/mol. The van der Waals surface area contributed by atoms with Gasteiger partial charge in [0, 0.05) is 13.1 Å².